The van der Waals surface area contributed by atoms with Gasteiger partial charge in [-0.2, -0.15) is 65.9 Å². The molecule has 0 unspecified atom stereocenters. The molecule has 0 aliphatic rings. The molecule has 2 N–H and O–H groups in total. The average molecular weight is 667 g/mol. The molecule has 0 fully saturated rings. The Kier molecular flexibility index (Phi) is 8.05. The van der Waals surface area contributed by atoms with E-state index in [9.17, 15) is 75.4 Å². The lowest BCUT2D eigenvalue weighted by Crippen LogP contribution is -2.73. The standard InChI is InChI=1S/C23H10ClF15N2O2/c24-10-6-7-11-12(8-10)40-14(15(42)9-4-2-1-3-5-9)13(11)41-16(43)17(25,26)18(27,28)19(29,30)20(31,32)21(33,34)22(35,36)23(37,38)39/h1-8,40H,(H,41,43). The Hall–Kier alpha value is -3.64. The summed E-state index contributed by atoms with van der Waals surface area (Å²) in [4.78, 5) is 27.4. The molecule has 0 aliphatic carbocycles. The van der Waals surface area contributed by atoms with Crippen molar-refractivity contribution in [1.82, 2.24) is 4.98 Å². The number of carbonyl (C=O) groups excluding carboxylic acids is 2. The maximum Gasteiger partial charge on any atom is 0.460 e. The van der Waals surface area contributed by atoms with Gasteiger partial charge in [-0.15, -0.1) is 0 Å². The van der Waals surface area contributed by atoms with Gasteiger partial charge in [-0.05, 0) is 18.2 Å². The molecule has 0 saturated heterocycles. The minimum Gasteiger partial charge on any atom is -0.350 e. The second kappa shape index (κ2) is 10.2. The molecule has 43 heavy (non-hydrogen) atoms. The number of carbonyl (C=O) groups is 2. The lowest BCUT2D eigenvalue weighted by atomic mass is 9.90. The van der Waals surface area contributed by atoms with Gasteiger partial charge in [0.2, 0.25) is 5.78 Å². The van der Waals surface area contributed by atoms with E-state index in [-0.39, 0.29) is 16.1 Å². The Bertz CT molecular complexity index is 1550. The van der Waals surface area contributed by atoms with E-state index in [0.717, 1.165) is 35.6 Å². The number of benzene rings is 2. The van der Waals surface area contributed by atoms with Crippen LogP contribution in [0.1, 0.15) is 16.1 Å². The summed E-state index contributed by atoms with van der Waals surface area (Å²) in [7, 11) is 0. The third-order valence-corrected chi connectivity index (χ3v) is 6.11. The van der Waals surface area contributed by atoms with Crippen LogP contribution < -0.4 is 5.32 Å². The van der Waals surface area contributed by atoms with E-state index >= 15 is 0 Å². The van der Waals surface area contributed by atoms with Crippen LogP contribution in [0.3, 0.4) is 0 Å². The zero-order valence-corrected chi connectivity index (χ0v) is 20.7. The number of aromatic amines is 1. The summed E-state index contributed by atoms with van der Waals surface area (Å²) in [5.41, 5.74) is -2.64. The molecule has 2 aromatic carbocycles. The predicted molar refractivity (Wildman–Crippen MR) is 118 cm³/mol. The maximum absolute atomic E-state index is 14.5. The summed E-state index contributed by atoms with van der Waals surface area (Å²) in [5, 5.41) is 0.289. The van der Waals surface area contributed by atoms with Crippen molar-refractivity contribution in [3.63, 3.8) is 0 Å². The largest absolute Gasteiger partial charge is 0.460 e. The number of ketones is 1. The van der Waals surface area contributed by atoms with Crippen molar-refractivity contribution in [3.05, 3.63) is 64.8 Å². The molecule has 0 radical (unpaired) electrons. The zero-order valence-electron chi connectivity index (χ0n) is 20.0. The minimum absolute atomic E-state index is 0.110. The first kappa shape index (κ1) is 33.9. The second-order valence-electron chi connectivity index (χ2n) is 8.66. The van der Waals surface area contributed by atoms with Crippen LogP contribution in [0.15, 0.2) is 48.5 Å². The van der Waals surface area contributed by atoms with Gasteiger partial charge in [0.1, 0.15) is 5.69 Å². The highest BCUT2D eigenvalue weighted by Crippen LogP contribution is 2.62. The molecule has 3 rings (SSSR count). The number of hydrogen-bond donors (Lipinski definition) is 2. The third-order valence-electron chi connectivity index (χ3n) is 5.88. The molecule has 4 nitrogen and oxygen atoms in total. The first-order valence-corrected chi connectivity index (χ1v) is 11.2. The SMILES string of the molecule is O=C(c1ccccc1)c1[nH]c2cc(Cl)ccc2c1NC(=O)C(F)(F)C(F)(F)C(F)(F)C(F)(F)C(F)(F)C(F)(F)C(F)(F)F. The second-order valence-corrected chi connectivity index (χ2v) is 9.09. The molecule has 0 bridgehead atoms. The highest BCUT2D eigenvalue weighted by Gasteiger charge is 2.94. The van der Waals surface area contributed by atoms with Crippen molar-refractivity contribution in [3.8, 4) is 0 Å². The number of hydrogen-bond acceptors (Lipinski definition) is 2. The number of H-pyrrole nitrogens is 1. The van der Waals surface area contributed by atoms with Crippen LogP contribution >= 0.6 is 11.6 Å². The first-order valence-electron chi connectivity index (χ1n) is 10.8. The van der Waals surface area contributed by atoms with Crippen molar-refractivity contribution in [2.75, 3.05) is 5.32 Å². The number of aromatic nitrogens is 1. The number of halogens is 16. The van der Waals surface area contributed by atoms with E-state index in [1.807, 2.05) is 0 Å². The van der Waals surface area contributed by atoms with E-state index in [0.29, 0.717) is 0 Å². The highest BCUT2D eigenvalue weighted by molar-refractivity contribution is 6.31. The van der Waals surface area contributed by atoms with Gasteiger partial charge in [0.05, 0.1) is 5.69 Å². The quantitative estimate of drug-likeness (QED) is 0.178. The van der Waals surface area contributed by atoms with Gasteiger partial charge in [-0.25, -0.2) is 0 Å². The van der Waals surface area contributed by atoms with Crippen LogP contribution in [-0.4, -0.2) is 58.4 Å². The monoisotopic (exact) mass is 666 g/mol. The van der Waals surface area contributed by atoms with Crippen molar-refractivity contribution < 1.29 is 75.4 Å². The van der Waals surface area contributed by atoms with Crippen LogP contribution in [0.2, 0.25) is 5.02 Å². The zero-order chi connectivity index (χ0) is 33.2. The highest BCUT2D eigenvalue weighted by atomic mass is 35.5. The Labute approximate surface area is 232 Å². The van der Waals surface area contributed by atoms with Crippen LogP contribution in [-0.2, 0) is 4.79 Å². The molecule has 236 valence electrons. The Morgan fingerprint density at radius 2 is 1.14 bits per heavy atom. The van der Waals surface area contributed by atoms with Gasteiger partial charge in [0.25, 0.3) is 0 Å². The van der Waals surface area contributed by atoms with Crippen molar-refractivity contribution in [2.24, 2.45) is 0 Å². The van der Waals surface area contributed by atoms with Crippen LogP contribution in [0.5, 0.6) is 0 Å². The molecule has 3 aromatic rings. The number of anilines is 1. The Balaban J connectivity index is 2.11. The predicted octanol–water partition coefficient (Wildman–Crippen LogP) is 8.36. The summed E-state index contributed by atoms with van der Waals surface area (Å²) in [5.74, 6) is -53.8. The van der Waals surface area contributed by atoms with Gasteiger partial charge in [-0.3, -0.25) is 9.59 Å². The topological polar surface area (TPSA) is 62.0 Å². The molecule has 1 amide bonds. The lowest BCUT2D eigenvalue weighted by Gasteiger charge is -2.41. The van der Waals surface area contributed by atoms with Gasteiger partial charge in [-0.1, -0.05) is 41.9 Å². The van der Waals surface area contributed by atoms with E-state index in [2.05, 4.69) is 4.98 Å². The lowest BCUT2D eigenvalue weighted by molar-refractivity contribution is -0.449. The fourth-order valence-electron chi connectivity index (χ4n) is 3.51. The molecule has 0 atom stereocenters. The number of nitrogens with one attached hydrogen (secondary N) is 2. The molecular weight excluding hydrogens is 657 g/mol. The number of amides is 1. The molecule has 20 heteroatoms. The molecule has 1 heterocycles. The summed E-state index contributed by atoms with van der Waals surface area (Å²) < 4.78 is 203. The molecular formula is C23H10ClF15N2O2. The fraction of sp³-hybridized carbons (Fsp3) is 0.304. The van der Waals surface area contributed by atoms with Gasteiger partial charge < -0.3 is 10.3 Å². The molecule has 1 aromatic heterocycles. The summed E-state index contributed by atoms with van der Waals surface area (Å²) in [6.45, 7) is 0. The van der Waals surface area contributed by atoms with E-state index in [4.69, 9.17) is 11.6 Å². The maximum atomic E-state index is 14.5. The van der Waals surface area contributed by atoms with E-state index < -0.39 is 70.2 Å². The minimum atomic E-state index is -8.56. The van der Waals surface area contributed by atoms with E-state index in [1.54, 1.807) is 0 Å². The number of rotatable bonds is 9. The van der Waals surface area contributed by atoms with Crippen LogP contribution in [0, 0.1) is 0 Å². The normalized spacial score (nSPS) is 14.2. The van der Waals surface area contributed by atoms with Crippen LogP contribution in [0.4, 0.5) is 71.5 Å². The summed E-state index contributed by atoms with van der Waals surface area (Å²) in [6.07, 6.45) is -7.76. The first-order chi connectivity index (χ1) is 19.3. The van der Waals surface area contributed by atoms with Gasteiger partial charge in [0.15, 0.2) is 0 Å². The van der Waals surface area contributed by atoms with Crippen molar-refractivity contribution >= 4 is 39.9 Å². The smallest absolute Gasteiger partial charge is 0.350 e. The Morgan fingerprint density at radius 3 is 1.65 bits per heavy atom. The molecule has 0 saturated carbocycles. The van der Waals surface area contributed by atoms with Crippen LogP contribution in [0.25, 0.3) is 10.9 Å². The number of fused-ring (bicyclic) bond motifs is 1. The summed E-state index contributed by atoms with van der Waals surface area (Å²) in [6, 6.07) is 9.03. The fourth-order valence-corrected chi connectivity index (χ4v) is 3.68. The number of alkyl halides is 15. The van der Waals surface area contributed by atoms with E-state index in [1.165, 1.54) is 18.2 Å². The third kappa shape index (κ3) is 4.94. The Morgan fingerprint density at radius 1 is 0.651 bits per heavy atom. The molecule has 0 aliphatic heterocycles. The van der Waals surface area contributed by atoms with Crippen molar-refractivity contribution in [2.45, 2.75) is 41.7 Å². The molecule has 0 spiro atoms. The van der Waals surface area contributed by atoms with Crippen molar-refractivity contribution in [1.29, 1.82) is 0 Å². The average Bonchev–Trinajstić information content (AvgIpc) is 3.24. The van der Waals surface area contributed by atoms with Gasteiger partial charge in [0, 0.05) is 21.5 Å². The van der Waals surface area contributed by atoms with Gasteiger partial charge >= 0.3 is 47.6 Å². The summed E-state index contributed by atoms with van der Waals surface area (Å²) >= 11 is 5.75.